The molecule has 1 atom stereocenters. The second-order valence-electron chi connectivity index (χ2n) is 5.44. The number of para-hydroxylation sites is 1. The van der Waals surface area contributed by atoms with Gasteiger partial charge in [0.05, 0.1) is 18.7 Å². The molecule has 1 saturated heterocycles. The molecule has 0 spiro atoms. The Kier molecular flexibility index (Phi) is 4.28. The Balaban J connectivity index is 1.78. The summed E-state index contributed by atoms with van der Waals surface area (Å²) in [5, 5.41) is 2.80. The monoisotopic (exact) mass is 310 g/mol. The summed E-state index contributed by atoms with van der Waals surface area (Å²) in [4.78, 5) is 26.0. The minimum Gasteiger partial charge on any atom is -0.497 e. The van der Waals surface area contributed by atoms with Crippen LogP contribution in [0.5, 0.6) is 5.75 Å². The third kappa shape index (κ3) is 3.18. The van der Waals surface area contributed by atoms with Crippen LogP contribution in [0.2, 0.25) is 0 Å². The van der Waals surface area contributed by atoms with Crippen LogP contribution >= 0.6 is 0 Å². The van der Waals surface area contributed by atoms with Crippen molar-refractivity contribution in [1.29, 1.82) is 0 Å². The minimum absolute atomic E-state index is 0.171. The van der Waals surface area contributed by atoms with Crippen molar-refractivity contribution in [2.75, 3.05) is 18.6 Å². The predicted molar refractivity (Wildman–Crippen MR) is 87.5 cm³/mol. The van der Waals surface area contributed by atoms with E-state index in [0.717, 1.165) is 11.3 Å². The van der Waals surface area contributed by atoms with Crippen molar-refractivity contribution in [3.8, 4) is 5.75 Å². The molecular weight excluding hydrogens is 292 g/mol. The van der Waals surface area contributed by atoms with Crippen molar-refractivity contribution in [1.82, 2.24) is 5.32 Å². The van der Waals surface area contributed by atoms with Crippen LogP contribution in [0.3, 0.4) is 0 Å². The highest BCUT2D eigenvalue weighted by Crippen LogP contribution is 2.22. The molecule has 23 heavy (non-hydrogen) atoms. The number of urea groups is 1. The summed E-state index contributed by atoms with van der Waals surface area (Å²) in [6.45, 7) is 0.354. The van der Waals surface area contributed by atoms with E-state index < -0.39 is 0 Å². The fraction of sp³-hybridized carbons (Fsp3) is 0.222. The van der Waals surface area contributed by atoms with E-state index in [2.05, 4.69) is 5.32 Å². The maximum Gasteiger partial charge on any atom is 0.328 e. The number of imide groups is 1. The largest absolute Gasteiger partial charge is 0.497 e. The molecule has 1 aliphatic heterocycles. The Bertz CT molecular complexity index is 698. The summed E-state index contributed by atoms with van der Waals surface area (Å²) < 4.78 is 5.14. The van der Waals surface area contributed by atoms with E-state index in [1.165, 1.54) is 4.90 Å². The van der Waals surface area contributed by atoms with Gasteiger partial charge < -0.3 is 10.1 Å². The molecule has 0 bridgehead atoms. The molecule has 5 nitrogen and oxygen atoms in total. The zero-order valence-corrected chi connectivity index (χ0v) is 12.9. The van der Waals surface area contributed by atoms with Crippen LogP contribution in [0.4, 0.5) is 10.5 Å². The number of hydrogen-bond acceptors (Lipinski definition) is 3. The average molecular weight is 310 g/mol. The Morgan fingerprint density at radius 2 is 1.78 bits per heavy atom. The number of amides is 3. The summed E-state index contributed by atoms with van der Waals surface area (Å²) in [6.07, 6.45) is 0.576. The van der Waals surface area contributed by atoms with Gasteiger partial charge in [-0.25, -0.2) is 9.69 Å². The van der Waals surface area contributed by atoms with Gasteiger partial charge in [-0.05, 0) is 36.2 Å². The van der Waals surface area contributed by atoms with Crippen LogP contribution in [0.15, 0.2) is 54.6 Å². The van der Waals surface area contributed by atoms with Crippen molar-refractivity contribution in [2.24, 2.45) is 5.92 Å². The van der Waals surface area contributed by atoms with Gasteiger partial charge in [-0.3, -0.25) is 4.79 Å². The molecule has 0 aromatic heterocycles. The lowest BCUT2D eigenvalue weighted by Crippen LogP contribution is -2.55. The first kappa shape index (κ1) is 15.1. The van der Waals surface area contributed by atoms with Crippen LogP contribution in [0, 0.1) is 5.92 Å². The molecule has 1 unspecified atom stereocenters. The van der Waals surface area contributed by atoms with Crippen molar-refractivity contribution < 1.29 is 14.3 Å². The summed E-state index contributed by atoms with van der Waals surface area (Å²) in [6, 6.07) is 16.2. The van der Waals surface area contributed by atoms with Crippen LogP contribution in [-0.2, 0) is 11.2 Å². The number of carbonyl (C=O) groups is 2. The second kappa shape index (κ2) is 6.52. The first-order valence-electron chi connectivity index (χ1n) is 7.49. The number of benzene rings is 2. The van der Waals surface area contributed by atoms with Gasteiger partial charge in [-0.1, -0.05) is 30.3 Å². The molecule has 2 aromatic rings. The van der Waals surface area contributed by atoms with Crippen LogP contribution < -0.4 is 15.0 Å². The fourth-order valence-corrected chi connectivity index (χ4v) is 2.69. The zero-order chi connectivity index (χ0) is 16.2. The van der Waals surface area contributed by atoms with Gasteiger partial charge in [-0.15, -0.1) is 0 Å². The molecule has 3 amide bonds. The van der Waals surface area contributed by atoms with E-state index in [1.54, 1.807) is 19.2 Å². The number of rotatable bonds is 4. The average Bonchev–Trinajstić information content (AvgIpc) is 2.59. The van der Waals surface area contributed by atoms with Crippen molar-refractivity contribution in [3.63, 3.8) is 0 Å². The van der Waals surface area contributed by atoms with E-state index in [4.69, 9.17) is 4.74 Å². The molecular formula is C18H18N2O3. The smallest absolute Gasteiger partial charge is 0.328 e. The van der Waals surface area contributed by atoms with Gasteiger partial charge in [0.1, 0.15) is 5.75 Å². The second-order valence-corrected chi connectivity index (χ2v) is 5.44. The van der Waals surface area contributed by atoms with E-state index in [9.17, 15) is 9.59 Å². The molecule has 0 saturated carbocycles. The van der Waals surface area contributed by atoms with Crippen molar-refractivity contribution in [3.05, 3.63) is 60.2 Å². The van der Waals surface area contributed by atoms with Crippen molar-refractivity contribution in [2.45, 2.75) is 6.42 Å². The van der Waals surface area contributed by atoms with E-state index >= 15 is 0 Å². The van der Waals surface area contributed by atoms with Crippen LogP contribution in [0.25, 0.3) is 0 Å². The summed E-state index contributed by atoms with van der Waals surface area (Å²) in [5.41, 5.74) is 1.63. The van der Waals surface area contributed by atoms with E-state index in [-0.39, 0.29) is 17.9 Å². The molecule has 1 fully saturated rings. The summed E-state index contributed by atoms with van der Waals surface area (Å²) in [5.74, 6) is 0.333. The van der Waals surface area contributed by atoms with E-state index in [1.807, 2.05) is 42.5 Å². The first-order valence-corrected chi connectivity index (χ1v) is 7.49. The van der Waals surface area contributed by atoms with E-state index in [0.29, 0.717) is 18.7 Å². The number of anilines is 1. The molecule has 0 radical (unpaired) electrons. The maximum atomic E-state index is 12.7. The van der Waals surface area contributed by atoms with Crippen LogP contribution in [-0.4, -0.2) is 25.6 Å². The number of nitrogens with one attached hydrogen (secondary N) is 1. The molecule has 5 heteroatoms. The third-order valence-electron chi connectivity index (χ3n) is 3.93. The van der Waals surface area contributed by atoms with Gasteiger partial charge in [0.25, 0.3) is 0 Å². The van der Waals surface area contributed by atoms with Gasteiger partial charge in [0.15, 0.2) is 0 Å². The number of methoxy groups -OCH3 is 1. The summed E-state index contributed by atoms with van der Waals surface area (Å²) in [7, 11) is 1.62. The molecule has 1 N–H and O–H groups in total. The third-order valence-corrected chi connectivity index (χ3v) is 3.93. The maximum absolute atomic E-state index is 12.7. The molecule has 1 aliphatic rings. The predicted octanol–water partition coefficient (Wildman–Crippen LogP) is 2.61. The topological polar surface area (TPSA) is 58.6 Å². The van der Waals surface area contributed by atoms with Crippen molar-refractivity contribution >= 4 is 17.6 Å². The number of carbonyl (C=O) groups excluding carboxylic acids is 2. The Morgan fingerprint density at radius 3 is 2.43 bits per heavy atom. The lowest BCUT2D eigenvalue weighted by atomic mass is 9.96. The first-order chi connectivity index (χ1) is 11.2. The number of ether oxygens (including phenoxy) is 1. The highest BCUT2D eigenvalue weighted by molar-refractivity contribution is 6.16. The van der Waals surface area contributed by atoms with Gasteiger partial charge in [0, 0.05) is 6.54 Å². The normalized spacial score (nSPS) is 17.8. The lowest BCUT2D eigenvalue weighted by Gasteiger charge is -2.31. The highest BCUT2D eigenvalue weighted by atomic mass is 16.5. The Hall–Kier alpha value is -2.82. The zero-order valence-electron chi connectivity index (χ0n) is 12.9. The molecule has 1 heterocycles. The lowest BCUT2D eigenvalue weighted by molar-refractivity contribution is -0.122. The quantitative estimate of drug-likeness (QED) is 0.944. The Labute approximate surface area is 134 Å². The minimum atomic E-state index is -0.368. The number of hydrogen-bond donors (Lipinski definition) is 1. The Morgan fingerprint density at radius 1 is 1.09 bits per heavy atom. The molecule has 118 valence electrons. The standard InChI is InChI=1S/C18H18N2O3/c1-23-16-9-7-13(8-10-16)11-14-12-19-18(22)20(17(14)21)15-5-3-2-4-6-15/h2-10,14H,11-12H2,1H3,(H,19,22). The fourth-order valence-electron chi connectivity index (χ4n) is 2.69. The number of nitrogens with zero attached hydrogens (tertiary/aromatic N) is 1. The van der Waals surface area contributed by atoms with Gasteiger partial charge in [-0.2, -0.15) is 0 Å². The molecule has 3 rings (SSSR count). The van der Waals surface area contributed by atoms with Crippen LogP contribution in [0.1, 0.15) is 5.56 Å². The summed E-state index contributed by atoms with van der Waals surface area (Å²) >= 11 is 0. The highest BCUT2D eigenvalue weighted by Gasteiger charge is 2.35. The molecule has 0 aliphatic carbocycles. The van der Waals surface area contributed by atoms with Gasteiger partial charge >= 0.3 is 6.03 Å². The van der Waals surface area contributed by atoms with Gasteiger partial charge in [0.2, 0.25) is 5.91 Å². The SMILES string of the molecule is COc1ccc(CC2CNC(=O)N(c3ccccc3)C2=O)cc1. The molecule has 2 aromatic carbocycles.